The summed E-state index contributed by atoms with van der Waals surface area (Å²) in [5, 5.41) is 2.83. The highest BCUT2D eigenvalue weighted by Crippen LogP contribution is 2.29. The van der Waals surface area contributed by atoms with Crippen molar-refractivity contribution in [2.24, 2.45) is 0 Å². The van der Waals surface area contributed by atoms with Crippen LogP contribution in [0.5, 0.6) is 5.75 Å². The van der Waals surface area contributed by atoms with Crippen LogP contribution in [-0.2, 0) is 10.0 Å². The molecule has 2 aromatic carbocycles. The first-order chi connectivity index (χ1) is 12.4. The fourth-order valence-corrected chi connectivity index (χ4v) is 4.68. The fourth-order valence-electron chi connectivity index (χ4n) is 2.98. The van der Waals surface area contributed by atoms with Crippen molar-refractivity contribution in [2.45, 2.75) is 19.8 Å². The Balaban J connectivity index is 1.86. The van der Waals surface area contributed by atoms with E-state index < -0.39 is 10.0 Å². The number of anilines is 2. The monoisotopic (exact) mass is 374 g/mol. The van der Waals surface area contributed by atoms with Crippen LogP contribution >= 0.6 is 0 Å². The molecule has 1 aliphatic heterocycles. The van der Waals surface area contributed by atoms with Crippen LogP contribution < -0.4 is 14.4 Å². The molecular weight excluding hydrogens is 352 g/mol. The summed E-state index contributed by atoms with van der Waals surface area (Å²) in [5.74, 6) is 0.481. The van der Waals surface area contributed by atoms with Gasteiger partial charge in [-0.25, -0.2) is 8.42 Å². The number of benzene rings is 2. The minimum absolute atomic E-state index is 0.160. The maximum Gasteiger partial charge on any atom is 0.255 e. The number of nitrogens with zero attached hydrogens (tertiary/aromatic N) is 1. The Bertz CT molecular complexity index is 925. The molecule has 0 atom stereocenters. The number of carbonyl (C=O) groups is 1. The normalized spacial score (nSPS) is 16.2. The van der Waals surface area contributed by atoms with Crippen molar-refractivity contribution in [3.63, 3.8) is 0 Å². The molecule has 1 heterocycles. The highest BCUT2D eigenvalue weighted by atomic mass is 32.2. The van der Waals surface area contributed by atoms with E-state index in [-0.39, 0.29) is 11.7 Å². The van der Waals surface area contributed by atoms with Gasteiger partial charge in [0.1, 0.15) is 5.75 Å². The van der Waals surface area contributed by atoms with Gasteiger partial charge < -0.3 is 10.1 Å². The van der Waals surface area contributed by atoms with Crippen molar-refractivity contribution in [3.05, 3.63) is 53.6 Å². The summed E-state index contributed by atoms with van der Waals surface area (Å²) in [6, 6.07) is 12.2. The molecule has 6 nitrogen and oxygen atoms in total. The summed E-state index contributed by atoms with van der Waals surface area (Å²) in [6.07, 6.45) is 1.52. The zero-order valence-electron chi connectivity index (χ0n) is 14.9. The predicted molar refractivity (Wildman–Crippen MR) is 102 cm³/mol. The van der Waals surface area contributed by atoms with Crippen molar-refractivity contribution >= 4 is 27.3 Å². The first-order valence-electron chi connectivity index (χ1n) is 8.47. The van der Waals surface area contributed by atoms with Crippen molar-refractivity contribution in [1.29, 1.82) is 0 Å². The van der Waals surface area contributed by atoms with Crippen LogP contribution in [0, 0.1) is 6.92 Å². The van der Waals surface area contributed by atoms with Crippen LogP contribution in [-0.4, -0.2) is 33.7 Å². The molecule has 0 saturated carbocycles. The van der Waals surface area contributed by atoms with Crippen molar-refractivity contribution < 1.29 is 17.9 Å². The molecule has 1 N–H and O–H groups in total. The Kier molecular flexibility index (Phi) is 5.18. The number of amides is 1. The van der Waals surface area contributed by atoms with Gasteiger partial charge in [-0.15, -0.1) is 0 Å². The molecule has 1 fully saturated rings. The van der Waals surface area contributed by atoms with Crippen molar-refractivity contribution in [1.82, 2.24) is 0 Å². The Morgan fingerprint density at radius 1 is 1.15 bits per heavy atom. The molecule has 2 aromatic rings. The molecule has 1 aliphatic rings. The van der Waals surface area contributed by atoms with E-state index in [0.717, 1.165) is 12.0 Å². The van der Waals surface area contributed by atoms with E-state index >= 15 is 0 Å². The standard InChI is InChI=1S/C19H22N2O4S/c1-14-8-9-16(13-18(14)21-10-3-4-11-26(21,23)24)20-19(22)15-6-5-7-17(12-15)25-2/h5-9,12-13H,3-4,10-11H2,1-2H3,(H,20,22). The Morgan fingerprint density at radius 3 is 2.69 bits per heavy atom. The number of rotatable bonds is 4. The summed E-state index contributed by atoms with van der Waals surface area (Å²) in [6.45, 7) is 2.34. The Morgan fingerprint density at radius 2 is 1.96 bits per heavy atom. The smallest absolute Gasteiger partial charge is 0.255 e. The van der Waals surface area contributed by atoms with Crippen molar-refractivity contribution in [2.75, 3.05) is 29.0 Å². The summed E-state index contributed by atoms with van der Waals surface area (Å²) >= 11 is 0. The fraction of sp³-hybridized carbons (Fsp3) is 0.316. The van der Waals surface area contributed by atoms with E-state index in [9.17, 15) is 13.2 Å². The second-order valence-electron chi connectivity index (χ2n) is 6.28. The first kappa shape index (κ1) is 18.3. The van der Waals surface area contributed by atoms with E-state index in [4.69, 9.17) is 4.74 Å². The van der Waals surface area contributed by atoms with Crippen LogP contribution in [0.2, 0.25) is 0 Å². The molecule has 138 valence electrons. The number of sulfonamides is 1. The number of hydrogen-bond acceptors (Lipinski definition) is 4. The van der Waals surface area contributed by atoms with Crippen LogP contribution in [0.3, 0.4) is 0 Å². The van der Waals surface area contributed by atoms with E-state index in [1.165, 1.54) is 4.31 Å². The molecule has 26 heavy (non-hydrogen) atoms. The third-order valence-corrected chi connectivity index (χ3v) is 6.27. The van der Waals surface area contributed by atoms with Gasteiger partial charge in [0.05, 0.1) is 18.6 Å². The lowest BCUT2D eigenvalue weighted by Crippen LogP contribution is -2.38. The van der Waals surface area contributed by atoms with Crippen LogP contribution in [0.25, 0.3) is 0 Å². The summed E-state index contributed by atoms with van der Waals surface area (Å²) in [4.78, 5) is 12.5. The molecule has 0 spiro atoms. The molecule has 0 aromatic heterocycles. The second-order valence-corrected chi connectivity index (χ2v) is 8.30. The molecule has 0 unspecified atom stereocenters. The first-order valence-corrected chi connectivity index (χ1v) is 10.1. The Labute approximate surface area is 153 Å². The van der Waals surface area contributed by atoms with Gasteiger partial charge in [-0.2, -0.15) is 0 Å². The van der Waals surface area contributed by atoms with Gasteiger partial charge in [0, 0.05) is 17.8 Å². The molecular formula is C19H22N2O4S. The lowest BCUT2D eigenvalue weighted by Gasteiger charge is -2.29. The third-order valence-electron chi connectivity index (χ3n) is 4.42. The summed E-state index contributed by atoms with van der Waals surface area (Å²) in [5.41, 5.74) is 2.50. The zero-order valence-corrected chi connectivity index (χ0v) is 15.7. The summed E-state index contributed by atoms with van der Waals surface area (Å²) in [7, 11) is -1.76. The van der Waals surface area contributed by atoms with Gasteiger partial charge >= 0.3 is 0 Å². The van der Waals surface area contributed by atoms with Crippen LogP contribution in [0.4, 0.5) is 11.4 Å². The van der Waals surface area contributed by atoms with Gasteiger partial charge in [-0.1, -0.05) is 12.1 Å². The van der Waals surface area contributed by atoms with E-state index in [0.29, 0.717) is 35.7 Å². The molecule has 7 heteroatoms. The lowest BCUT2D eigenvalue weighted by molar-refractivity contribution is 0.102. The molecule has 1 amide bonds. The number of ether oxygens (including phenoxy) is 1. The average Bonchev–Trinajstić information content (AvgIpc) is 2.63. The van der Waals surface area contributed by atoms with Crippen molar-refractivity contribution in [3.8, 4) is 5.75 Å². The number of methoxy groups -OCH3 is 1. The third kappa shape index (κ3) is 3.83. The number of hydrogen-bond donors (Lipinski definition) is 1. The minimum atomic E-state index is -3.30. The minimum Gasteiger partial charge on any atom is -0.497 e. The largest absolute Gasteiger partial charge is 0.497 e. The topological polar surface area (TPSA) is 75.7 Å². The highest BCUT2D eigenvalue weighted by molar-refractivity contribution is 7.92. The van der Waals surface area contributed by atoms with E-state index in [1.807, 2.05) is 13.0 Å². The maximum absolute atomic E-state index is 12.5. The van der Waals surface area contributed by atoms with Gasteiger partial charge in [-0.05, 0) is 55.7 Å². The van der Waals surface area contributed by atoms with E-state index in [1.54, 1.807) is 43.5 Å². The molecule has 0 bridgehead atoms. The molecule has 0 radical (unpaired) electrons. The molecule has 1 saturated heterocycles. The predicted octanol–water partition coefficient (Wildman–Crippen LogP) is 3.19. The number of carbonyl (C=O) groups excluding carboxylic acids is 1. The average molecular weight is 374 g/mol. The van der Waals surface area contributed by atoms with Crippen LogP contribution in [0.15, 0.2) is 42.5 Å². The van der Waals surface area contributed by atoms with E-state index in [2.05, 4.69) is 5.32 Å². The summed E-state index contributed by atoms with van der Waals surface area (Å²) < 4.78 is 31.4. The highest BCUT2D eigenvalue weighted by Gasteiger charge is 2.27. The number of nitrogens with one attached hydrogen (secondary N) is 1. The SMILES string of the molecule is COc1cccc(C(=O)Nc2ccc(C)c(N3CCCCS3(=O)=O)c2)c1. The maximum atomic E-state index is 12.5. The lowest BCUT2D eigenvalue weighted by atomic mass is 10.1. The van der Waals surface area contributed by atoms with Gasteiger partial charge in [0.15, 0.2) is 0 Å². The molecule has 3 rings (SSSR count). The van der Waals surface area contributed by atoms with Gasteiger partial charge in [-0.3, -0.25) is 9.10 Å². The zero-order chi connectivity index (χ0) is 18.7. The van der Waals surface area contributed by atoms with Gasteiger partial charge in [0.2, 0.25) is 10.0 Å². The van der Waals surface area contributed by atoms with Crippen LogP contribution in [0.1, 0.15) is 28.8 Å². The quantitative estimate of drug-likeness (QED) is 0.892. The number of aryl methyl sites for hydroxylation is 1. The second kappa shape index (κ2) is 7.37. The molecule has 0 aliphatic carbocycles. The Hall–Kier alpha value is -2.54. The van der Waals surface area contributed by atoms with Gasteiger partial charge in [0.25, 0.3) is 5.91 Å².